The van der Waals surface area contributed by atoms with E-state index in [2.05, 4.69) is 35.6 Å². The first-order valence-electron chi connectivity index (χ1n) is 10.9. The first-order chi connectivity index (χ1) is 14.8. The second-order valence-electron chi connectivity index (χ2n) is 7.89. The molecule has 1 saturated heterocycles. The molecule has 30 heavy (non-hydrogen) atoms. The molecule has 0 atom stereocenters. The van der Waals surface area contributed by atoms with Gasteiger partial charge in [0.15, 0.2) is 0 Å². The van der Waals surface area contributed by atoms with E-state index in [0.717, 1.165) is 45.1 Å². The van der Waals surface area contributed by atoms with E-state index in [9.17, 15) is 4.39 Å². The van der Waals surface area contributed by atoms with Crippen LogP contribution in [0, 0.1) is 5.82 Å². The van der Waals surface area contributed by atoms with Gasteiger partial charge in [-0.25, -0.2) is 4.39 Å². The Labute approximate surface area is 177 Å². The minimum absolute atomic E-state index is 0.225. The standard InChI is InChI=1S/C25H29FN2O2/c26-24-9-4-2-7-21(24)19-30-25-11-10-20-6-1-3-8-22(20)23(25)18-27-12-5-13-28-14-16-29-17-15-28/h1-4,6-11,27H,5,12-19H2/p+2. The van der Waals surface area contributed by atoms with Crippen LogP contribution in [0.4, 0.5) is 4.39 Å². The van der Waals surface area contributed by atoms with E-state index in [1.807, 2.05) is 12.1 Å². The molecule has 158 valence electrons. The van der Waals surface area contributed by atoms with Crippen LogP contribution in [0.2, 0.25) is 0 Å². The molecule has 0 bridgehead atoms. The summed E-state index contributed by atoms with van der Waals surface area (Å²) < 4.78 is 25.5. The maximum atomic E-state index is 14.0. The predicted molar refractivity (Wildman–Crippen MR) is 116 cm³/mol. The fourth-order valence-electron chi connectivity index (χ4n) is 4.09. The van der Waals surface area contributed by atoms with Crippen LogP contribution < -0.4 is 15.0 Å². The van der Waals surface area contributed by atoms with Gasteiger partial charge in [0.1, 0.15) is 37.8 Å². The molecule has 0 amide bonds. The number of hydrogen-bond acceptors (Lipinski definition) is 2. The second-order valence-corrected chi connectivity index (χ2v) is 7.89. The Morgan fingerprint density at radius 3 is 2.63 bits per heavy atom. The van der Waals surface area contributed by atoms with Gasteiger partial charge in [0, 0.05) is 12.0 Å². The molecular formula is C25H31FN2O2+2. The number of nitrogens with one attached hydrogen (secondary N) is 1. The molecule has 1 heterocycles. The summed E-state index contributed by atoms with van der Waals surface area (Å²) in [5, 5.41) is 4.77. The first-order valence-corrected chi connectivity index (χ1v) is 10.9. The predicted octanol–water partition coefficient (Wildman–Crippen LogP) is 1.93. The van der Waals surface area contributed by atoms with Crippen molar-refractivity contribution < 1.29 is 24.1 Å². The minimum Gasteiger partial charge on any atom is -0.488 e. The van der Waals surface area contributed by atoms with Gasteiger partial charge in [0.2, 0.25) is 0 Å². The summed E-state index contributed by atoms with van der Waals surface area (Å²) in [7, 11) is 0. The van der Waals surface area contributed by atoms with E-state index < -0.39 is 0 Å². The third-order valence-corrected chi connectivity index (χ3v) is 5.83. The molecule has 4 rings (SSSR count). The van der Waals surface area contributed by atoms with Gasteiger partial charge < -0.3 is 19.7 Å². The van der Waals surface area contributed by atoms with E-state index in [1.54, 1.807) is 17.0 Å². The number of rotatable bonds is 9. The zero-order valence-electron chi connectivity index (χ0n) is 17.4. The molecule has 1 aliphatic heterocycles. The van der Waals surface area contributed by atoms with Gasteiger partial charge >= 0.3 is 0 Å². The molecule has 0 spiro atoms. The number of morpholine rings is 1. The van der Waals surface area contributed by atoms with Gasteiger partial charge in [-0.15, -0.1) is 0 Å². The normalized spacial score (nSPS) is 14.8. The Morgan fingerprint density at radius 2 is 1.77 bits per heavy atom. The number of nitrogens with two attached hydrogens (primary N) is 1. The molecular weight excluding hydrogens is 379 g/mol. The highest BCUT2D eigenvalue weighted by molar-refractivity contribution is 5.87. The number of halogens is 1. The maximum absolute atomic E-state index is 14.0. The number of quaternary nitrogens is 2. The third-order valence-electron chi connectivity index (χ3n) is 5.83. The average molecular weight is 411 g/mol. The smallest absolute Gasteiger partial charge is 0.129 e. The largest absolute Gasteiger partial charge is 0.488 e. The van der Waals surface area contributed by atoms with Gasteiger partial charge in [-0.1, -0.05) is 48.5 Å². The van der Waals surface area contributed by atoms with E-state index >= 15 is 0 Å². The quantitative estimate of drug-likeness (QED) is 0.529. The molecule has 0 saturated carbocycles. The van der Waals surface area contributed by atoms with Crippen molar-refractivity contribution >= 4 is 10.8 Å². The first kappa shape index (κ1) is 20.8. The zero-order valence-corrected chi connectivity index (χ0v) is 17.4. The van der Waals surface area contributed by atoms with Crippen LogP contribution in [-0.4, -0.2) is 39.4 Å². The highest BCUT2D eigenvalue weighted by atomic mass is 19.1. The van der Waals surface area contributed by atoms with Crippen molar-refractivity contribution in [2.45, 2.75) is 19.6 Å². The molecule has 0 aromatic heterocycles. The van der Waals surface area contributed by atoms with Crippen molar-refractivity contribution in [2.24, 2.45) is 0 Å². The lowest BCUT2D eigenvalue weighted by molar-refractivity contribution is -0.909. The van der Waals surface area contributed by atoms with Crippen LogP contribution in [0.3, 0.4) is 0 Å². The van der Waals surface area contributed by atoms with E-state index in [-0.39, 0.29) is 12.4 Å². The molecule has 0 aliphatic carbocycles. The Kier molecular flexibility index (Phi) is 7.29. The number of ether oxygens (including phenoxy) is 2. The van der Waals surface area contributed by atoms with E-state index in [1.165, 1.54) is 35.4 Å². The molecule has 3 aromatic carbocycles. The summed E-state index contributed by atoms with van der Waals surface area (Å²) in [6.07, 6.45) is 1.19. The van der Waals surface area contributed by atoms with Crippen molar-refractivity contribution in [3.05, 3.63) is 77.6 Å². The molecule has 3 N–H and O–H groups in total. The van der Waals surface area contributed by atoms with Crippen LogP contribution in [0.25, 0.3) is 10.8 Å². The number of fused-ring (bicyclic) bond motifs is 1. The SMILES string of the molecule is Fc1ccccc1COc1ccc2ccccc2c1C[NH2+]CCC[NH+]1CCOCC1. The topological polar surface area (TPSA) is 39.5 Å². The van der Waals surface area contributed by atoms with Gasteiger partial charge in [0.25, 0.3) is 0 Å². The summed E-state index contributed by atoms with van der Waals surface area (Å²) in [4.78, 5) is 1.65. The number of hydrogen-bond donors (Lipinski definition) is 2. The van der Waals surface area contributed by atoms with Crippen molar-refractivity contribution in [1.29, 1.82) is 0 Å². The van der Waals surface area contributed by atoms with E-state index in [4.69, 9.17) is 9.47 Å². The average Bonchev–Trinajstić information content (AvgIpc) is 2.79. The van der Waals surface area contributed by atoms with Crippen molar-refractivity contribution in [3.8, 4) is 5.75 Å². The number of benzene rings is 3. The molecule has 1 aliphatic rings. The molecule has 4 nitrogen and oxygen atoms in total. The van der Waals surface area contributed by atoms with Crippen LogP contribution >= 0.6 is 0 Å². The van der Waals surface area contributed by atoms with E-state index in [0.29, 0.717) is 5.56 Å². The lowest BCUT2D eigenvalue weighted by Crippen LogP contribution is -3.14. The highest BCUT2D eigenvalue weighted by Gasteiger charge is 2.14. The second kappa shape index (κ2) is 10.5. The summed E-state index contributed by atoms with van der Waals surface area (Å²) >= 11 is 0. The summed E-state index contributed by atoms with van der Waals surface area (Å²) in [5.41, 5.74) is 1.76. The Bertz CT molecular complexity index is 957. The third kappa shape index (κ3) is 5.36. The lowest BCUT2D eigenvalue weighted by atomic mass is 10.0. The van der Waals surface area contributed by atoms with Crippen LogP contribution in [0.15, 0.2) is 60.7 Å². The lowest BCUT2D eigenvalue weighted by Gasteiger charge is -2.23. The summed E-state index contributed by atoms with van der Waals surface area (Å²) in [6.45, 7) is 7.39. The van der Waals surface area contributed by atoms with Gasteiger partial charge in [-0.3, -0.25) is 0 Å². The van der Waals surface area contributed by atoms with Crippen LogP contribution in [0.1, 0.15) is 17.5 Å². The van der Waals surface area contributed by atoms with Gasteiger partial charge in [0.05, 0.1) is 31.9 Å². The minimum atomic E-state index is -0.225. The van der Waals surface area contributed by atoms with Crippen LogP contribution in [-0.2, 0) is 17.9 Å². The van der Waals surface area contributed by atoms with Crippen molar-refractivity contribution in [2.75, 3.05) is 39.4 Å². The van der Waals surface area contributed by atoms with Crippen LogP contribution in [0.5, 0.6) is 5.75 Å². The molecule has 1 fully saturated rings. The molecule has 5 heteroatoms. The maximum Gasteiger partial charge on any atom is 0.129 e. The molecule has 3 aromatic rings. The molecule has 0 unspecified atom stereocenters. The Balaban J connectivity index is 1.40. The van der Waals surface area contributed by atoms with Crippen molar-refractivity contribution in [1.82, 2.24) is 0 Å². The molecule has 0 radical (unpaired) electrons. The van der Waals surface area contributed by atoms with Gasteiger partial charge in [-0.2, -0.15) is 0 Å². The fourth-order valence-corrected chi connectivity index (χ4v) is 4.09. The fraction of sp³-hybridized carbons (Fsp3) is 0.360. The zero-order chi connectivity index (χ0) is 20.6. The summed E-state index contributed by atoms with van der Waals surface area (Å²) in [6, 6.07) is 19.3. The monoisotopic (exact) mass is 410 g/mol. The highest BCUT2D eigenvalue weighted by Crippen LogP contribution is 2.28. The van der Waals surface area contributed by atoms with Gasteiger partial charge in [-0.05, 0) is 22.9 Å². The van der Waals surface area contributed by atoms with Crippen molar-refractivity contribution in [3.63, 3.8) is 0 Å². The summed E-state index contributed by atoms with van der Waals surface area (Å²) in [5.74, 6) is 0.615. The Hall–Kier alpha value is -2.47. The Morgan fingerprint density at radius 1 is 0.967 bits per heavy atom.